The molecule has 2 aromatic rings. The van der Waals surface area contributed by atoms with E-state index in [1.807, 2.05) is 26.0 Å². The van der Waals surface area contributed by atoms with Crippen LogP contribution in [0, 0.1) is 13.8 Å². The summed E-state index contributed by atoms with van der Waals surface area (Å²) >= 11 is 1.28. The molecule has 0 radical (unpaired) electrons. The van der Waals surface area contributed by atoms with Gasteiger partial charge in [0.2, 0.25) is 0 Å². The summed E-state index contributed by atoms with van der Waals surface area (Å²) in [5.74, 6) is -1.44. The molecular formula is C17H18N2O4S. The number of esters is 1. The molecule has 1 aromatic heterocycles. The van der Waals surface area contributed by atoms with Crippen molar-refractivity contribution in [3.63, 3.8) is 0 Å². The van der Waals surface area contributed by atoms with Gasteiger partial charge in [0.15, 0.2) is 6.61 Å². The minimum atomic E-state index is -0.670. The van der Waals surface area contributed by atoms with E-state index in [9.17, 15) is 14.4 Å². The highest BCUT2D eigenvalue weighted by Crippen LogP contribution is 2.17. The largest absolute Gasteiger partial charge is 0.454 e. The third-order valence-electron chi connectivity index (χ3n) is 3.38. The summed E-state index contributed by atoms with van der Waals surface area (Å²) in [7, 11) is 0. The lowest BCUT2D eigenvalue weighted by Crippen LogP contribution is -2.31. The van der Waals surface area contributed by atoms with E-state index in [4.69, 9.17) is 4.74 Å². The Labute approximate surface area is 143 Å². The Balaban J connectivity index is 1.74. The maximum Gasteiger partial charge on any atom is 0.325 e. The SMILES string of the molecule is Cc1cccc(NC(=O)COC(=O)CNC(=O)c2cccs2)c1C. The molecule has 0 unspecified atom stereocenters. The normalized spacial score (nSPS) is 10.1. The number of thiophene rings is 1. The van der Waals surface area contributed by atoms with Gasteiger partial charge in [-0.25, -0.2) is 0 Å². The highest BCUT2D eigenvalue weighted by molar-refractivity contribution is 7.12. The average Bonchev–Trinajstić information content (AvgIpc) is 3.09. The predicted molar refractivity (Wildman–Crippen MR) is 92.2 cm³/mol. The van der Waals surface area contributed by atoms with Crippen LogP contribution in [0.2, 0.25) is 0 Å². The second-order valence-electron chi connectivity index (χ2n) is 5.12. The van der Waals surface area contributed by atoms with Gasteiger partial charge in [-0.2, -0.15) is 0 Å². The Morgan fingerprint density at radius 3 is 2.62 bits per heavy atom. The van der Waals surface area contributed by atoms with Gasteiger partial charge < -0.3 is 15.4 Å². The van der Waals surface area contributed by atoms with Gasteiger partial charge in [-0.05, 0) is 42.5 Å². The van der Waals surface area contributed by atoms with Crippen LogP contribution in [-0.4, -0.2) is 30.9 Å². The van der Waals surface area contributed by atoms with Crippen molar-refractivity contribution in [3.05, 3.63) is 51.7 Å². The van der Waals surface area contributed by atoms with E-state index in [0.29, 0.717) is 10.6 Å². The Morgan fingerprint density at radius 2 is 1.92 bits per heavy atom. The molecule has 2 rings (SSSR count). The lowest BCUT2D eigenvalue weighted by Gasteiger charge is -2.10. The first-order chi connectivity index (χ1) is 11.5. The molecule has 126 valence electrons. The molecule has 0 spiro atoms. The minimum absolute atomic E-state index is 0.284. The zero-order valence-electron chi connectivity index (χ0n) is 13.4. The van der Waals surface area contributed by atoms with E-state index in [-0.39, 0.29) is 12.5 Å². The number of ether oxygens (including phenoxy) is 1. The molecule has 0 bridgehead atoms. The van der Waals surface area contributed by atoms with Gasteiger partial charge in [-0.3, -0.25) is 14.4 Å². The molecule has 7 heteroatoms. The van der Waals surface area contributed by atoms with Gasteiger partial charge in [0, 0.05) is 5.69 Å². The lowest BCUT2D eigenvalue weighted by molar-refractivity contribution is -0.146. The lowest BCUT2D eigenvalue weighted by atomic mass is 10.1. The van der Waals surface area contributed by atoms with E-state index in [1.54, 1.807) is 23.6 Å². The smallest absolute Gasteiger partial charge is 0.325 e. The molecule has 0 saturated carbocycles. The first-order valence-corrected chi connectivity index (χ1v) is 8.18. The number of hydrogen-bond donors (Lipinski definition) is 2. The van der Waals surface area contributed by atoms with Crippen LogP contribution in [-0.2, 0) is 14.3 Å². The van der Waals surface area contributed by atoms with Crippen molar-refractivity contribution in [1.82, 2.24) is 5.32 Å². The number of carbonyl (C=O) groups is 3. The topological polar surface area (TPSA) is 84.5 Å². The van der Waals surface area contributed by atoms with Crippen LogP contribution < -0.4 is 10.6 Å². The molecule has 0 fully saturated rings. The third-order valence-corrected chi connectivity index (χ3v) is 4.25. The highest BCUT2D eigenvalue weighted by atomic mass is 32.1. The molecule has 2 amide bonds. The van der Waals surface area contributed by atoms with Crippen LogP contribution in [0.15, 0.2) is 35.7 Å². The number of anilines is 1. The zero-order valence-corrected chi connectivity index (χ0v) is 14.2. The van der Waals surface area contributed by atoms with Gasteiger partial charge in [0.1, 0.15) is 6.54 Å². The van der Waals surface area contributed by atoms with Crippen LogP contribution in [0.3, 0.4) is 0 Å². The van der Waals surface area contributed by atoms with Crippen molar-refractivity contribution in [1.29, 1.82) is 0 Å². The van der Waals surface area contributed by atoms with E-state index in [2.05, 4.69) is 10.6 Å². The van der Waals surface area contributed by atoms with Crippen molar-refractivity contribution < 1.29 is 19.1 Å². The number of amides is 2. The second kappa shape index (κ2) is 8.26. The summed E-state index contributed by atoms with van der Waals surface area (Å²) in [6.45, 7) is 3.16. The molecule has 0 aliphatic carbocycles. The Morgan fingerprint density at radius 1 is 1.12 bits per heavy atom. The number of benzene rings is 1. The van der Waals surface area contributed by atoms with Crippen molar-refractivity contribution >= 4 is 34.8 Å². The van der Waals surface area contributed by atoms with Gasteiger partial charge >= 0.3 is 5.97 Å². The van der Waals surface area contributed by atoms with Gasteiger partial charge in [0.25, 0.3) is 11.8 Å². The standard InChI is InChI=1S/C17H18N2O4S/c1-11-5-3-6-13(12(11)2)19-15(20)10-23-16(21)9-18-17(22)14-7-4-8-24-14/h3-8H,9-10H2,1-2H3,(H,18,22)(H,19,20). The minimum Gasteiger partial charge on any atom is -0.454 e. The predicted octanol–water partition coefficient (Wildman–Crippen LogP) is 2.28. The Kier molecular flexibility index (Phi) is 6.08. The van der Waals surface area contributed by atoms with Crippen molar-refractivity contribution in [2.45, 2.75) is 13.8 Å². The second-order valence-corrected chi connectivity index (χ2v) is 6.06. The maximum absolute atomic E-state index is 11.8. The van der Waals surface area contributed by atoms with Gasteiger partial charge in [-0.1, -0.05) is 18.2 Å². The number of nitrogens with one attached hydrogen (secondary N) is 2. The number of aryl methyl sites for hydroxylation is 1. The molecule has 2 N–H and O–H groups in total. The molecule has 24 heavy (non-hydrogen) atoms. The molecule has 1 heterocycles. The molecule has 6 nitrogen and oxygen atoms in total. The van der Waals surface area contributed by atoms with Crippen molar-refractivity contribution in [3.8, 4) is 0 Å². The highest BCUT2D eigenvalue weighted by Gasteiger charge is 2.12. The van der Waals surface area contributed by atoms with Crippen LogP contribution in [0.4, 0.5) is 5.69 Å². The van der Waals surface area contributed by atoms with Gasteiger partial charge in [-0.15, -0.1) is 11.3 Å². The molecule has 1 aromatic carbocycles. The fourth-order valence-electron chi connectivity index (χ4n) is 1.92. The first kappa shape index (κ1) is 17.7. The molecular weight excluding hydrogens is 328 g/mol. The summed E-state index contributed by atoms with van der Waals surface area (Å²) in [4.78, 5) is 35.6. The zero-order chi connectivity index (χ0) is 17.5. The Hall–Kier alpha value is -2.67. The molecule has 0 atom stereocenters. The number of rotatable bonds is 6. The molecule has 0 aliphatic rings. The van der Waals surface area contributed by atoms with Crippen molar-refractivity contribution in [2.75, 3.05) is 18.5 Å². The third kappa shape index (κ3) is 4.92. The number of hydrogen-bond acceptors (Lipinski definition) is 5. The fourth-order valence-corrected chi connectivity index (χ4v) is 2.56. The van der Waals surface area contributed by atoms with Crippen LogP contribution in [0.5, 0.6) is 0 Å². The van der Waals surface area contributed by atoms with Crippen LogP contribution >= 0.6 is 11.3 Å². The Bertz CT molecular complexity index is 741. The fraction of sp³-hybridized carbons (Fsp3) is 0.235. The summed E-state index contributed by atoms with van der Waals surface area (Å²) < 4.78 is 4.85. The molecule has 0 saturated heterocycles. The maximum atomic E-state index is 11.8. The average molecular weight is 346 g/mol. The van der Waals surface area contributed by atoms with Crippen LogP contribution in [0.25, 0.3) is 0 Å². The summed E-state index contributed by atoms with van der Waals surface area (Å²) in [5, 5.41) is 6.90. The molecule has 0 aliphatic heterocycles. The van der Waals surface area contributed by atoms with E-state index >= 15 is 0 Å². The summed E-state index contributed by atoms with van der Waals surface area (Å²) in [6, 6.07) is 8.97. The van der Waals surface area contributed by atoms with Crippen molar-refractivity contribution in [2.24, 2.45) is 0 Å². The first-order valence-electron chi connectivity index (χ1n) is 7.31. The van der Waals surface area contributed by atoms with E-state index in [0.717, 1.165) is 11.1 Å². The van der Waals surface area contributed by atoms with E-state index < -0.39 is 18.5 Å². The summed E-state index contributed by atoms with van der Waals surface area (Å²) in [6.07, 6.45) is 0. The monoisotopic (exact) mass is 346 g/mol. The van der Waals surface area contributed by atoms with Gasteiger partial charge in [0.05, 0.1) is 4.88 Å². The van der Waals surface area contributed by atoms with E-state index in [1.165, 1.54) is 11.3 Å². The quantitative estimate of drug-likeness (QED) is 0.786. The summed E-state index contributed by atoms with van der Waals surface area (Å²) in [5.41, 5.74) is 2.70. The van der Waals surface area contributed by atoms with Crippen LogP contribution in [0.1, 0.15) is 20.8 Å². The number of carbonyl (C=O) groups excluding carboxylic acids is 3.